The molecule has 3 rings (SSSR count). The summed E-state index contributed by atoms with van der Waals surface area (Å²) in [6.45, 7) is 3.40. The molecular formula is C18H23N5O2S2. The zero-order chi connectivity index (χ0) is 19.6. The van der Waals surface area contributed by atoms with E-state index in [1.54, 1.807) is 34.8 Å². The zero-order valence-electron chi connectivity index (χ0n) is 15.8. The monoisotopic (exact) mass is 405 g/mol. The van der Waals surface area contributed by atoms with Gasteiger partial charge >= 0.3 is 0 Å². The Bertz CT molecular complexity index is 1050. The van der Waals surface area contributed by atoms with Crippen molar-refractivity contribution < 1.29 is 8.42 Å². The molecule has 0 spiro atoms. The molecule has 7 nitrogen and oxygen atoms in total. The van der Waals surface area contributed by atoms with Crippen LogP contribution in [-0.4, -0.2) is 61.4 Å². The Morgan fingerprint density at radius 1 is 1.22 bits per heavy atom. The number of anilines is 1. The van der Waals surface area contributed by atoms with E-state index in [0.29, 0.717) is 17.2 Å². The number of nitrogens with one attached hydrogen (secondary N) is 1. The van der Waals surface area contributed by atoms with Gasteiger partial charge < -0.3 is 10.2 Å². The van der Waals surface area contributed by atoms with Crippen LogP contribution in [0.2, 0.25) is 0 Å². The Balaban J connectivity index is 2.18. The lowest BCUT2D eigenvalue weighted by Crippen LogP contribution is -2.21. The summed E-state index contributed by atoms with van der Waals surface area (Å²) in [5.41, 5.74) is 1.07. The van der Waals surface area contributed by atoms with Gasteiger partial charge in [-0.2, -0.15) is 9.61 Å². The maximum Gasteiger partial charge on any atom is 0.213 e. The normalized spacial score (nSPS) is 12.0. The van der Waals surface area contributed by atoms with Gasteiger partial charge in [0, 0.05) is 24.8 Å². The number of likely N-dealkylation sites (N-methyl/N-ethyl adjacent to an activating group) is 1. The van der Waals surface area contributed by atoms with Crippen LogP contribution in [0, 0.1) is 6.92 Å². The van der Waals surface area contributed by atoms with Crippen molar-refractivity contribution in [2.45, 2.75) is 21.7 Å². The molecule has 0 aliphatic carbocycles. The summed E-state index contributed by atoms with van der Waals surface area (Å²) in [4.78, 5) is 6.96. The number of thioether (sulfide) groups is 1. The van der Waals surface area contributed by atoms with Crippen molar-refractivity contribution >= 4 is 33.1 Å². The number of fused-ring (bicyclic) bond motifs is 1. The lowest BCUT2D eigenvalue weighted by molar-refractivity contribution is 0.425. The maximum atomic E-state index is 13.3. The Morgan fingerprint density at radius 2 is 1.93 bits per heavy atom. The molecule has 0 fully saturated rings. The lowest BCUT2D eigenvalue weighted by Gasteiger charge is -2.12. The number of aryl methyl sites for hydroxylation is 1. The van der Waals surface area contributed by atoms with Crippen LogP contribution in [0.1, 0.15) is 5.69 Å². The van der Waals surface area contributed by atoms with Crippen molar-refractivity contribution in [3.8, 4) is 0 Å². The largest absolute Gasteiger partial charge is 0.369 e. The number of nitrogens with zero attached hydrogens (tertiary/aromatic N) is 4. The molecule has 0 saturated heterocycles. The molecule has 1 aromatic carbocycles. The molecule has 0 aliphatic heterocycles. The summed E-state index contributed by atoms with van der Waals surface area (Å²) in [5, 5.41) is 8.29. The third-order valence-electron chi connectivity index (χ3n) is 4.03. The van der Waals surface area contributed by atoms with E-state index in [1.165, 1.54) is 11.8 Å². The zero-order valence-corrected chi connectivity index (χ0v) is 17.4. The van der Waals surface area contributed by atoms with E-state index < -0.39 is 9.84 Å². The molecule has 144 valence electrons. The highest BCUT2D eigenvalue weighted by Gasteiger charge is 2.29. The van der Waals surface area contributed by atoms with Gasteiger partial charge in [0.25, 0.3) is 0 Å². The molecule has 0 amide bonds. The van der Waals surface area contributed by atoms with Gasteiger partial charge in [-0.25, -0.2) is 13.4 Å². The fourth-order valence-corrected chi connectivity index (χ4v) is 5.13. The molecule has 0 atom stereocenters. The predicted octanol–water partition coefficient (Wildman–Crippen LogP) is 2.57. The maximum absolute atomic E-state index is 13.3. The standard InChI is InChI=1S/C18H23N5O2S2/c1-13-12-15(19-10-11-22(2)3)23-17(20-13)16(18(21-23)26-4)27(24,25)14-8-6-5-7-9-14/h5-9,12,19H,10-11H2,1-4H3. The van der Waals surface area contributed by atoms with Crippen LogP contribution < -0.4 is 5.32 Å². The summed E-state index contributed by atoms with van der Waals surface area (Å²) in [6.07, 6.45) is 1.82. The molecule has 1 N–H and O–H groups in total. The van der Waals surface area contributed by atoms with Gasteiger partial charge in [0.1, 0.15) is 10.8 Å². The summed E-state index contributed by atoms with van der Waals surface area (Å²) >= 11 is 1.30. The third kappa shape index (κ3) is 3.95. The van der Waals surface area contributed by atoms with Gasteiger partial charge in [-0.3, -0.25) is 0 Å². The SMILES string of the molecule is CSc1nn2c(NCCN(C)C)cc(C)nc2c1S(=O)(=O)c1ccccc1. The Kier molecular flexibility index (Phi) is 5.73. The van der Waals surface area contributed by atoms with E-state index in [4.69, 9.17) is 0 Å². The van der Waals surface area contributed by atoms with E-state index in [9.17, 15) is 8.42 Å². The van der Waals surface area contributed by atoms with Crippen molar-refractivity contribution in [2.75, 3.05) is 38.8 Å². The van der Waals surface area contributed by atoms with Crippen LogP contribution in [0.4, 0.5) is 5.82 Å². The van der Waals surface area contributed by atoms with Crippen molar-refractivity contribution in [1.29, 1.82) is 0 Å². The van der Waals surface area contributed by atoms with Crippen LogP contribution in [0.3, 0.4) is 0 Å². The molecule has 3 aromatic rings. The minimum atomic E-state index is -3.74. The number of hydrogen-bond acceptors (Lipinski definition) is 7. The van der Waals surface area contributed by atoms with E-state index in [1.807, 2.05) is 33.3 Å². The second-order valence-electron chi connectivity index (χ2n) is 6.40. The fourth-order valence-electron chi connectivity index (χ4n) is 2.72. The van der Waals surface area contributed by atoms with Crippen molar-refractivity contribution in [3.05, 3.63) is 42.1 Å². The van der Waals surface area contributed by atoms with Crippen LogP contribution in [0.15, 0.2) is 51.2 Å². The van der Waals surface area contributed by atoms with Gasteiger partial charge in [-0.05, 0) is 39.4 Å². The van der Waals surface area contributed by atoms with Crippen molar-refractivity contribution in [3.63, 3.8) is 0 Å². The average Bonchev–Trinajstić information content (AvgIpc) is 3.01. The minimum absolute atomic E-state index is 0.153. The smallest absolute Gasteiger partial charge is 0.213 e. The van der Waals surface area contributed by atoms with Crippen LogP contribution >= 0.6 is 11.8 Å². The summed E-state index contributed by atoms with van der Waals surface area (Å²) in [5.74, 6) is 0.726. The number of benzene rings is 1. The first-order valence-corrected chi connectivity index (χ1v) is 11.2. The third-order valence-corrected chi connectivity index (χ3v) is 6.63. The molecule has 0 saturated carbocycles. The quantitative estimate of drug-likeness (QED) is 0.605. The highest BCUT2D eigenvalue weighted by molar-refractivity contribution is 7.99. The van der Waals surface area contributed by atoms with Gasteiger partial charge in [-0.15, -0.1) is 11.8 Å². The first-order chi connectivity index (χ1) is 12.8. The Morgan fingerprint density at radius 3 is 2.56 bits per heavy atom. The molecule has 0 bridgehead atoms. The second kappa shape index (κ2) is 7.87. The summed E-state index contributed by atoms with van der Waals surface area (Å²) in [6, 6.07) is 10.3. The molecule has 0 aliphatic rings. The van der Waals surface area contributed by atoms with E-state index in [0.717, 1.165) is 18.1 Å². The predicted molar refractivity (Wildman–Crippen MR) is 108 cm³/mol. The molecule has 0 unspecified atom stereocenters. The highest BCUT2D eigenvalue weighted by atomic mass is 32.2. The van der Waals surface area contributed by atoms with E-state index in [2.05, 4.69) is 20.3 Å². The van der Waals surface area contributed by atoms with Gasteiger partial charge in [0.05, 0.1) is 4.90 Å². The minimum Gasteiger partial charge on any atom is -0.369 e. The van der Waals surface area contributed by atoms with E-state index >= 15 is 0 Å². The van der Waals surface area contributed by atoms with Crippen LogP contribution in [-0.2, 0) is 9.84 Å². The second-order valence-corrected chi connectivity index (χ2v) is 9.08. The highest BCUT2D eigenvalue weighted by Crippen LogP contribution is 2.33. The van der Waals surface area contributed by atoms with Crippen molar-refractivity contribution in [2.24, 2.45) is 0 Å². The first kappa shape index (κ1) is 19.7. The van der Waals surface area contributed by atoms with Gasteiger partial charge in [-0.1, -0.05) is 18.2 Å². The summed E-state index contributed by atoms with van der Waals surface area (Å²) in [7, 11) is 0.264. The van der Waals surface area contributed by atoms with Gasteiger partial charge in [0.15, 0.2) is 10.5 Å². The van der Waals surface area contributed by atoms with Crippen LogP contribution in [0.25, 0.3) is 5.65 Å². The van der Waals surface area contributed by atoms with E-state index in [-0.39, 0.29) is 9.79 Å². The molecule has 27 heavy (non-hydrogen) atoms. The van der Waals surface area contributed by atoms with Crippen LogP contribution in [0.5, 0.6) is 0 Å². The number of hydrogen-bond donors (Lipinski definition) is 1. The first-order valence-electron chi connectivity index (χ1n) is 8.47. The molecular weight excluding hydrogens is 382 g/mol. The average molecular weight is 406 g/mol. The molecule has 2 heterocycles. The molecule has 2 aromatic heterocycles. The summed E-state index contributed by atoms with van der Waals surface area (Å²) < 4.78 is 28.1. The topological polar surface area (TPSA) is 79.6 Å². The Labute approximate surface area is 163 Å². The molecule has 9 heteroatoms. The van der Waals surface area contributed by atoms with Gasteiger partial charge in [0.2, 0.25) is 9.84 Å². The Hall–Kier alpha value is -2.10. The number of rotatable bonds is 7. The lowest BCUT2D eigenvalue weighted by atomic mass is 10.4. The fraction of sp³-hybridized carbons (Fsp3) is 0.333. The molecule has 0 radical (unpaired) electrons. The number of sulfone groups is 1. The number of aromatic nitrogens is 3. The van der Waals surface area contributed by atoms with Crippen molar-refractivity contribution in [1.82, 2.24) is 19.5 Å².